The summed E-state index contributed by atoms with van der Waals surface area (Å²) in [4.78, 5) is 26.0. The van der Waals surface area contributed by atoms with E-state index in [0.717, 1.165) is 34.8 Å². The standard InChI is InChI=1S/C24H23N5O2/c1-16-4-7-21(31-16)13-28-24(30)22-9-19(15-29(22)14-17-5-6-17)20-11-26-23(27-12-20)18-3-2-8-25-10-18/h2-4,7-12,15,17H,5-6,13-14H2,1H3,(H,28,30). The Morgan fingerprint density at radius 1 is 1.13 bits per heavy atom. The molecule has 1 fully saturated rings. The van der Waals surface area contributed by atoms with Crippen molar-refractivity contribution in [1.82, 2.24) is 24.8 Å². The van der Waals surface area contributed by atoms with E-state index in [4.69, 9.17) is 4.42 Å². The van der Waals surface area contributed by atoms with E-state index < -0.39 is 0 Å². The molecule has 0 radical (unpaired) electrons. The zero-order chi connectivity index (χ0) is 21.2. The zero-order valence-electron chi connectivity index (χ0n) is 17.3. The van der Waals surface area contributed by atoms with Crippen molar-refractivity contribution in [1.29, 1.82) is 0 Å². The van der Waals surface area contributed by atoms with Gasteiger partial charge in [0.1, 0.15) is 17.2 Å². The van der Waals surface area contributed by atoms with Crippen LogP contribution >= 0.6 is 0 Å². The van der Waals surface area contributed by atoms with Crippen molar-refractivity contribution in [3.63, 3.8) is 0 Å². The maximum Gasteiger partial charge on any atom is 0.268 e. The number of furan rings is 1. The van der Waals surface area contributed by atoms with E-state index in [2.05, 4.69) is 20.3 Å². The van der Waals surface area contributed by atoms with E-state index in [0.29, 0.717) is 24.0 Å². The van der Waals surface area contributed by atoms with Gasteiger partial charge in [-0.05, 0) is 56.0 Å². The Balaban J connectivity index is 1.37. The molecule has 4 aromatic rings. The number of amides is 1. The van der Waals surface area contributed by atoms with Crippen molar-refractivity contribution in [2.75, 3.05) is 0 Å². The number of nitrogens with one attached hydrogen (secondary N) is 1. The highest BCUT2D eigenvalue weighted by Gasteiger charge is 2.24. The minimum Gasteiger partial charge on any atom is -0.465 e. The van der Waals surface area contributed by atoms with E-state index in [9.17, 15) is 4.79 Å². The highest BCUT2D eigenvalue weighted by atomic mass is 16.3. The van der Waals surface area contributed by atoms with Crippen LogP contribution in [0.1, 0.15) is 34.9 Å². The van der Waals surface area contributed by atoms with Crippen molar-refractivity contribution in [2.45, 2.75) is 32.9 Å². The summed E-state index contributed by atoms with van der Waals surface area (Å²) in [5, 5.41) is 2.97. The predicted octanol–water partition coefficient (Wildman–Crippen LogP) is 4.25. The van der Waals surface area contributed by atoms with Gasteiger partial charge in [0.25, 0.3) is 5.91 Å². The number of aromatic nitrogens is 4. The molecule has 1 amide bonds. The number of carbonyl (C=O) groups excluding carboxylic acids is 1. The van der Waals surface area contributed by atoms with Crippen LogP contribution in [-0.2, 0) is 13.1 Å². The molecular weight excluding hydrogens is 390 g/mol. The Kier molecular flexibility index (Phi) is 5.08. The van der Waals surface area contributed by atoms with Crippen molar-refractivity contribution in [2.24, 2.45) is 5.92 Å². The van der Waals surface area contributed by atoms with Crippen molar-refractivity contribution < 1.29 is 9.21 Å². The first-order chi connectivity index (χ1) is 15.2. The number of nitrogens with zero attached hydrogens (tertiary/aromatic N) is 4. The molecule has 4 heterocycles. The second kappa shape index (κ2) is 8.18. The minimum absolute atomic E-state index is 0.117. The lowest BCUT2D eigenvalue weighted by Gasteiger charge is -2.08. The van der Waals surface area contributed by atoms with E-state index in [-0.39, 0.29) is 5.91 Å². The summed E-state index contributed by atoms with van der Waals surface area (Å²) < 4.78 is 7.60. The second-order valence-electron chi connectivity index (χ2n) is 7.94. The summed E-state index contributed by atoms with van der Waals surface area (Å²) in [6.07, 6.45) is 11.5. The van der Waals surface area contributed by atoms with E-state index in [1.807, 2.05) is 48.0 Å². The molecule has 5 rings (SSSR count). The smallest absolute Gasteiger partial charge is 0.268 e. The van der Waals surface area contributed by atoms with E-state index in [1.165, 1.54) is 12.8 Å². The van der Waals surface area contributed by atoms with Crippen LogP contribution in [0.3, 0.4) is 0 Å². The summed E-state index contributed by atoms with van der Waals surface area (Å²) in [6, 6.07) is 9.47. The molecule has 1 N–H and O–H groups in total. The molecule has 1 aliphatic rings. The molecule has 0 aliphatic heterocycles. The van der Waals surface area contributed by atoms with E-state index >= 15 is 0 Å². The van der Waals surface area contributed by atoms with Crippen molar-refractivity contribution in [3.8, 4) is 22.5 Å². The molecule has 1 saturated carbocycles. The van der Waals surface area contributed by atoms with Gasteiger partial charge in [-0.2, -0.15) is 0 Å². The molecule has 7 nitrogen and oxygen atoms in total. The van der Waals surface area contributed by atoms with Gasteiger partial charge in [0.05, 0.1) is 6.54 Å². The highest BCUT2D eigenvalue weighted by molar-refractivity contribution is 5.94. The fourth-order valence-corrected chi connectivity index (χ4v) is 3.55. The molecule has 0 aromatic carbocycles. The van der Waals surface area contributed by atoms with E-state index in [1.54, 1.807) is 24.8 Å². The van der Waals surface area contributed by atoms with Crippen LogP contribution in [0, 0.1) is 12.8 Å². The summed E-state index contributed by atoms with van der Waals surface area (Å²) in [5.74, 6) is 2.72. The Morgan fingerprint density at radius 3 is 2.65 bits per heavy atom. The summed E-state index contributed by atoms with van der Waals surface area (Å²) >= 11 is 0. The average molecular weight is 413 g/mol. The van der Waals surface area contributed by atoms with Crippen LogP contribution in [0.5, 0.6) is 0 Å². The minimum atomic E-state index is -0.117. The van der Waals surface area contributed by atoms with Gasteiger partial charge in [-0.25, -0.2) is 9.97 Å². The molecule has 0 atom stereocenters. The molecule has 156 valence electrons. The Bertz CT molecular complexity index is 1190. The van der Waals surface area contributed by atoms with Gasteiger partial charge in [-0.15, -0.1) is 0 Å². The van der Waals surface area contributed by atoms with Gasteiger partial charge in [-0.1, -0.05) is 0 Å². The number of pyridine rings is 1. The first kappa shape index (κ1) is 19.2. The number of aryl methyl sites for hydroxylation is 1. The van der Waals surface area contributed by atoms with Crippen LogP contribution in [0.2, 0.25) is 0 Å². The SMILES string of the molecule is Cc1ccc(CNC(=O)c2cc(-c3cnc(-c4cccnc4)nc3)cn2CC2CC2)o1. The number of rotatable bonds is 7. The fourth-order valence-electron chi connectivity index (χ4n) is 3.55. The number of hydrogen-bond donors (Lipinski definition) is 1. The quantitative estimate of drug-likeness (QED) is 0.490. The van der Waals surface area contributed by atoms with Crippen LogP contribution in [-0.4, -0.2) is 25.4 Å². The van der Waals surface area contributed by atoms with Crippen LogP contribution < -0.4 is 5.32 Å². The average Bonchev–Trinajstić information content (AvgIpc) is 3.36. The number of hydrogen-bond acceptors (Lipinski definition) is 5. The zero-order valence-corrected chi connectivity index (χ0v) is 17.3. The van der Waals surface area contributed by atoms with Crippen molar-refractivity contribution in [3.05, 3.63) is 78.5 Å². The van der Waals surface area contributed by atoms with Crippen LogP contribution in [0.25, 0.3) is 22.5 Å². The molecule has 0 spiro atoms. The molecule has 0 unspecified atom stereocenters. The fraction of sp³-hybridized carbons (Fsp3) is 0.250. The lowest BCUT2D eigenvalue weighted by molar-refractivity contribution is 0.0938. The van der Waals surface area contributed by atoms with Gasteiger partial charge in [0.15, 0.2) is 5.82 Å². The molecular formula is C24H23N5O2. The summed E-state index contributed by atoms with van der Waals surface area (Å²) in [6.45, 7) is 3.09. The highest BCUT2D eigenvalue weighted by Crippen LogP contribution is 2.32. The molecule has 0 bridgehead atoms. The molecule has 1 aliphatic carbocycles. The lowest BCUT2D eigenvalue weighted by atomic mass is 10.1. The maximum absolute atomic E-state index is 12.9. The normalized spacial score (nSPS) is 13.3. The maximum atomic E-state index is 12.9. The number of carbonyl (C=O) groups is 1. The third-order valence-corrected chi connectivity index (χ3v) is 5.41. The summed E-state index contributed by atoms with van der Waals surface area (Å²) in [7, 11) is 0. The Hall–Kier alpha value is -3.74. The van der Waals surface area contributed by atoms with Crippen LogP contribution in [0.4, 0.5) is 0 Å². The van der Waals surface area contributed by atoms with Gasteiger partial charge in [-0.3, -0.25) is 9.78 Å². The van der Waals surface area contributed by atoms with Gasteiger partial charge in [0, 0.05) is 54.2 Å². The molecule has 0 saturated heterocycles. The molecule has 31 heavy (non-hydrogen) atoms. The topological polar surface area (TPSA) is 85.8 Å². The third-order valence-electron chi connectivity index (χ3n) is 5.41. The monoisotopic (exact) mass is 413 g/mol. The molecule has 4 aromatic heterocycles. The predicted molar refractivity (Wildman–Crippen MR) is 116 cm³/mol. The third kappa shape index (κ3) is 4.40. The van der Waals surface area contributed by atoms with Gasteiger partial charge < -0.3 is 14.3 Å². The Labute approximate surface area is 180 Å². The molecule has 7 heteroatoms. The first-order valence-corrected chi connectivity index (χ1v) is 10.4. The van der Waals surface area contributed by atoms with Gasteiger partial charge in [0.2, 0.25) is 0 Å². The van der Waals surface area contributed by atoms with Crippen molar-refractivity contribution >= 4 is 5.91 Å². The second-order valence-corrected chi connectivity index (χ2v) is 7.94. The van der Waals surface area contributed by atoms with Crippen LogP contribution in [0.15, 0.2) is 65.7 Å². The Morgan fingerprint density at radius 2 is 1.97 bits per heavy atom. The lowest BCUT2D eigenvalue weighted by Crippen LogP contribution is -2.25. The summed E-state index contributed by atoms with van der Waals surface area (Å²) in [5.41, 5.74) is 3.31. The largest absolute Gasteiger partial charge is 0.465 e. The van der Waals surface area contributed by atoms with Gasteiger partial charge >= 0.3 is 0 Å². The first-order valence-electron chi connectivity index (χ1n) is 10.4.